The molecule has 3 rings (SSSR count). The summed E-state index contributed by atoms with van der Waals surface area (Å²) in [5, 5.41) is 4.06. The van der Waals surface area contributed by atoms with Gasteiger partial charge in [-0.05, 0) is 36.5 Å². The van der Waals surface area contributed by atoms with Crippen molar-refractivity contribution in [3.63, 3.8) is 0 Å². The number of hydrogen-bond acceptors (Lipinski definition) is 2. The summed E-state index contributed by atoms with van der Waals surface area (Å²) in [5.41, 5.74) is 1.08. The van der Waals surface area contributed by atoms with Crippen molar-refractivity contribution in [2.75, 3.05) is 6.54 Å². The van der Waals surface area contributed by atoms with Crippen molar-refractivity contribution in [1.29, 1.82) is 0 Å². The van der Waals surface area contributed by atoms with Gasteiger partial charge >= 0.3 is 0 Å². The summed E-state index contributed by atoms with van der Waals surface area (Å²) in [5.74, 6) is 0.794. The zero-order valence-corrected chi connectivity index (χ0v) is 12.6. The van der Waals surface area contributed by atoms with Crippen molar-refractivity contribution in [1.82, 2.24) is 10.2 Å². The van der Waals surface area contributed by atoms with E-state index >= 15 is 0 Å². The quantitative estimate of drug-likeness (QED) is 0.906. The number of nitrogens with zero attached hydrogens (tertiary/aromatic N) is 1. The Labute approximate surface area is 125 Å². The second-order valence-electron chi connectivity index (χ2n) is 5.97. The molecule has 1 amide bonds. The molecule has 1 saturated carbocycles. The average molecular weight is 293 g/mol. The van der Waals surface area contributed by atoms with Gasteiger partial charge in [0.05, 0.1) is 6.54 Å². The number of benzene rings is 1. The maximum atomic E-state index is 12.3. The van der Waals surface area contributed by atoms with Crippen molar-refractivity contribution in [3.8, 4) is 0 Å². The highest BCUT2D eigenvalue weighted by Gasteiger charge is 2.39. The number of hydrogen-bond donors (Lipinski definition) is 1. The lowest BCUT2D eigenvalue weighted by Crippen LogP contribution is -2.44. The standard InChI is InChI=1S/C16H21ClN2O/c1-11-5-2-3-8-14(11)19-15(20)10-18-16(19)12-6-4-7-13(17)9-12/h4,6-7,9,11,14,16,18H,2-3,5,8,10H2,1H3. The minimum Gasteiger partial charge on any atom is -0.319 e. The fourth-order valence-electron chi connectivity index (χ4n) is 3.56. The van der Waals surface area contributed by atoms with Gasteiger partial charge < -0.3 is 4.90 Å². The van der Waals surface area contributed by atoms with Crippen LogP contribution >= 0.6 is 11.6 Å². The van der Waals surface area contributed by atoms with Crippen LogP contribution in [-0.4, -0.2) is 23.4 Å². The van der Waals surface area contributed by atoms with Gasteiger partial charge in [-0.3, -0.25) is 10.1 Å². The molecule has 0 radical (unpaired) electrons. The first kappa shape index (κ1) is 13.9. The van der Waals surface area contributed by atoms with Crippen LogP contribution in [0.25, 0.3) is 0 Å². The molecule has 3 nitrogen and oxygen atoms in total. The smallest absolute Gasteiger partial charge is 0.238 e. The van der Waals surface area contributed by atoms with Crippen LogP contribution in [0.1, 0.15) is 44.3 Å². The first-order chi connectivity index (χ1) is 9.66. The van der Waals surface area contributed by atoms with Gasteiger partial charge in [0, 0.05) is 11.1 Å². The lowest BCUT2D eigenvalue weighted by molar-refractivity contribution is -0.132. The van der Waals surface area contributed by atoms with Gasteiger partial charge in [0.25, 0.3) is 0 Å². The lowest BCUT2D eigenvalue weighted by atomic mass is 9.84. The minimum atomic E-state index is -0.0215. The van der Waals surface area contributed by atoms with Crippen LogP contribution in [0.3, 0.4) is 0 Å². The molecule has 1 aromatic carbocycles. The predicted octanol–water partition coefficient (Wildman–Crippen LogP) is 3.35. The number of rotatable bonds is 2. The number of amides is 1. The molecule has 2 fully saturated rings. The van der Waals surface area contributed by atoms with E-state index in [1.165, 1.54) is 19.3 Å². The third-order valence-electron chi connectivity index (χ3n) is 4.60. The molecular formula is C16H21ClN2O. The molecule has 3 atom stereocenters. The first-order valence-corrected chi connectivity index (χ1v) is 7.84. The lowest BCUT2D eigenvalue weighted by Gasteiger charge is -2.39. The summed E-state index contributed by atoms with van der Waals surface area (Å²) in [4.78, 5) is 14.4. The van der Waals surface area contributed by atoms with E-state index in [1.54, 1.807) is 0 Å². The molecule has 108 valence electrons. The van der Waals surface area contributed by atoms with Crippen LogP contribution in [0.4, 0.5) is 0 Å². The molecule has 1 saturated heterocycles. The summed E-state index contributed by atoms with van der Waals surface area (Å²) in [7, 11) is 0. The second kappa shape index (κ2) is 5.74. The van der Waals surface area contributed by atoms with Crippen molar-refractivity contribution in [2.45, 2.75) is 44.8 Å². The molecule has 0 bridgehead atoms. The van der Waals surface area contributed by atoms with Crippen molar-refractivity contribution < 1.29 is 4.79 Å². The van der Waals surface area contributed by atoms with E-state index in [1.807, 2.05) is 24.3 Å². The Hall–Kier alpha value is -1.06. The van der Waals surface area contributed by atoms with Gasteiger partial charge in [0.15, 0.2) is 0 Å². The van der Waals surface area contributed by atoms with Crippen LogP contribution in [0.15, 0.2) is 24.3 Å². The van der Waals surface area contributed by atoms with Gasteiger partial charge in [-0.15, -0.1) is 0 Å². The van der Waals surface area contributed by atoms with Crippen LogP contribution < -0.4 is 5.32 Å². The fraction of sp³-hybridized carbons (Fsp3) is 0.562. The van der Waals surface area contributed by atoms with E-state index in [4.69, 9.17) is 11.6 Å². The van der Waals surface area contributed by atoms with Crippen LogP contribution in [-0.2, 0) is 4.79 Å². The van der Waals surface area contributed by atoms with Crippen molar-refractivity contribution in [3.05, 3.63) is 34.9 Å². The molecule has 0 spiro atoms. The SMILES string of the molecule is CC1CCCCC1N1C(=O)CNC1c1cccc(Cl)c1. The number of halogens is 1. The molecular weight excluding hydrogens is 272 g/mol. The van der Waals surface area contributed by atoms with E-state index in [0.29, 0.717) is 18.5 Å². The molecule has 3 unspecified atom stereocenters. The summed E-state index contributed by atoms with van der Waals surface area (Å²) in [6, 6.07) is 8.18. The predicted molar refractivity (Wildman–Crippen MR) is 80.5 cm³/mol. The topological polar surface area (TPSA) is 32.3 Å². The Morgan fingerprint density at radius 2 is 2.10 bits per heavy atom. The largest absolute Gasteiger partial charge is 0.319 e. The van der Waals surface area contributed by atoms with Crippen LogP contribution in [0.2, 0.25) is 5.02 Å². The molecule has 0 aromatic heterocycles. The Morgan fingerprint density at radius 1 is 1.30 bits per heavy atom. The van der Waals surface area contributed by atoms with E-state index < -0.39 is 0 Å². The van der Waals surface area contributed by atoms with Gasteiger partial charge in [-0.1, -0.05) is 43.5 Å². The number of nitrogens with one attached hydrogen (secondary N) is 1. The number of carbonyl (C=O) groups is 1. The molecule has 1 aromatic rings. The molecule has 2 aliphatic rings. The summed E-state index contributed by atoms with van der Waals surface area (Å²) in [6.45, 7) is 2.70. The van der Waals surface area contributed by atoms with Crippen molar-refractivity contribution >= 4 is 17.5 Å². The maximum Gasteiger partial charge on any atom is 0.238 e. The summed E-state index contributed by atoms with van der Waals surface area (Å²) < 4.78 is 0. The summed E-state index contributed by atoms with van der Waals surface area (Å²) >= 11 is 6.09. The van der Waals surface area contributed by atoms with E-state index in [-0.39, 0.29) is 12.1 Å². The van der Waals surface area contributed by atoms with Gasteiger partial charge in [0.2, 0.25) is 5.91 Å². The van der Waals surface area contributed by atoms with Crippen LogP contribution in [0, 0.1) is 5.92 Å². The Bertz CT molecular complexity index is 505. The normalized spacial score (nSPS) is 30.8. The first-order valence-electron chi connectivity index (χ1n) is 7.47. The molecule has 20 heavy (non-hydrogen) atoms. The van der Waals surface area contributed by atoms with Gasteiger partial charge in [-0.25, -0.2) is 0 Å². The molecule has 1 heterocycles. The Kier molecular flexibility index (Phi) is 3.99. The zero-order chi connectivity index (χ0) is 14.1. The van der Waals surface area contributed by atoms with E-state index in [2.05, 4.69) is 17.1 Å². The van der Waals surface area contributed by atoms with E-state index in [9.17, 15) is 4.79 Å². The average Bonchev–Trinajstić information content (AvgIpc) is 2.81. The highest BCUT2D eigenvalue weighted by atomic mass is 35.5. The summed E-state index contributed by atoms with van der Waals surface area (Å²) in [6.07, 6.45) is 4.82. The molecule has 4 heteroatoms. The third-order valence-corrected chi connectivity index (χ3v) is 4.84. The fourth-order valence-corrected chi connectivity index (χ4v) is 3.76. The van der Waals surface area contributed by atoms with Gasteiger partial charge in [-0.2, -0.15) is 0 Å². The minimum absolute atomic E-state index is 0.0215. The Balaban J connectivity index is 1.88. The third kappa shape index (κ3) is 2.57. The highest BCUT2D eigenvalue weighted by molar-refractivity contribution is 6.30. The molecule has 1 N–H and O–H groups in total. The molecule has 1 aliphatic carbocycles. The number of carbonyl (C=O) groups excluding carboxylic acids is 1. The maximum absolute atomic E-state index is 12.3. The zero-order valence-electron chi connectivity index (χ0n) is 11.8. The van der Waals surface area contributed by atoms with Crippen LogP contribution in [0.5, 0.6) is 0 Å². The molecule has 1 aliphatic heterocycles. The second-order valence-corrected chi connectivity index (χ2v) is 6.40. The van der Waals surface area contributed by atoms with Crippen molar-refractivity contribution in [2.24, 2.45) is 5.92 Å². The van der Waals surface area contributed by atoms with Gasteiger partial charge in [0.1, 0.15) is 6.17 Å². The Morgan fingerprint density at radius 3 is 2.85 bits per heavy atom. The highest BCUT2D eigenvalue weighted by Crippen LogP contribution is 2.35. The monoisotopic (exact) mass is 292 g/mol. The van der Waals surface area contributed by atoms with E-state index in [0.717, 1.165) is 17.0 Å².